The molecule has 1 aliphatic heterocycles. The van der Waals surface area contributed by atoms with Gasteiger partial charge in [0.25, 0.3) is 0 Å². The number of ketones is 1. The number of nitrogens with zero attached hydrogens (tertiary/aromatic N) is 1. The van der Waals surface area contributed by atoms with Crippen LogP contribution in [0.3, 0.4) is 0 Å². The van der Waals surface area contributed by atoms with Crippen LogP contribution in [-0.4, -0.2) is 49.6 Å². The van der Waals surface area contributed by atoms with Crippen molar-refractivity contribution in [3.05, 3.63) is 0 Å². The number of carbonyl (C=O) groups excluding carboxylic acids is 2. The fourth-order valence-electron chi connectivity index (χ4n) is 3.41. The molecule has 0 N–H and O–H groups in total. The molecular formula is C14H23NO4S. The molecule has 0 aromatic carbocycles. The standard InChI is InChI=1S/C14H23NO4S/c1-20(18,19)10-14(17)15-9-5-4-7-12(15)11-6-2-3-8-13(11)16/h11-12H,2-10H2,1H3. The number of piperidine rings is 1. The monoisotopic (exact) mass is 301 g/mol. The Morgan fingerprint density at radius 2 is 1.90 bits per heavy atom. The second-order valence-electron chi connectivity index (χ2n) is 6.04. The Balaban J connectivity index is 2.12. The van der Waals surface area contributed by atoms with Gasteiger partial charge in [-0.25, -0.2) is 8.42 Å². The van der Waals surface area contributed by atoms with Crippen molar-refractivity contribution in [2.75, 3.05) is 18.6 Å². The maximum Gasteiger partial charge on any atom is 0.238 e. The minimum Gasteiger partial charge on any atom is -0.338 e. The lowest BCUT2D eigenvalue weighted by molar-refractivity contribution is -0.137. The molecule has 0 aromatic rings. The first-order valence-corrected chi connectivity index (χ1v) is 9.44. The maximum absolute atomic E-state index is 12.2. The van der Waals surface area contributed by atoms with Gasteiger partial charge >= 0.3 is 0 Å². The van der Waals surface area contributed by atoms with E-state index < -0.39 is 15.6 Å². The molecule has 5 nitrogen and oxygen atoms in total. The first-order valence-electron chi connectivity index (χ1n) is 7.38. The van der Waals surface area contributed by atoms with E-state index in [1.54, 1.807) is 4.90 Å². The highest BCUT2D eigenvalue weighted by atomic mass is 32.2. The highest BCUT2D eigenvalue weighted by Gasteiger charge is 2.37. The summed E-state index contributed by atoms with van der Waals surface area (Å²) >= 11 is 0. The first kappa shape index (κ1) is 15.5. The quantitative estimate of drug-likeness (QED) is 0.784. The van der Waals surface area contributed by atoms with Gasteiger partial charge in [0.1, 0.15) is 11.5 Å². The highest BCUT2D eigenvalue weighted by molar-refractivity contribution is 7.91. The summed E-state index contributed by atoms with van der Waals surface area (Å²) in [6, 6.07) is -0.0780. The average Bonchev–Trinajstić information content (AvgIpc) is 2.37. The normalized spacial score (nSPS) is 28.4. The topological polar surface area (TPSA) is 71.5 Å². The molecule has 114 valence electrons. The number of hydrogen-bond donors (Lipinski definition) is 0. The summed E-state index contributed by atoms with van der Waals surface area (Å²) in [4.78, 5) is 26.0. The lowest BCUT2D eigenvalue weighted by atomic mass is 9.79. The van der Waals surface area contributed by atoms with Gasteiger partial charge in [-0.15, -0.1) is 0 Å². The molecule has 1 saturated heterocycles. The molecule has 2 unspecified atom stereocenters. The predicted molar refractivity (Wildman–Crippen MR) is 76.0 cm³/mol. The molecule has 2 atom stereocenters. The summed E-state index contributed by atoms with van der Waals surface area (Å²) in [6.07, 6.45) is 7.23. The van der Waals surface area contributed by atoms with Gasteiger partial charge in [0, 0.05) is 31.2 Å². The molecule has 2 aliphatic rings. The van der Waals surface area contributed by atoms with E-state index in [1.807, 2.05) is 0 Å². The molecule has 20 heavy (non-hydrogen) atoms. The Labute approximate surface area is 120 Å². The van der Waals surface area contributed by atoms with Gasteiger partial charge in [0.15, 0.2) is 9.84 Å². The summed E-state index contributed by atoms with van der Waals surface area (Å²) < 4.78 is 22.6. The van der Waals surface area contributed by atoms with Gasteiger partial charge in [-0.1, -0.05) is 6.42 Å². The summed E-state index contributed by atoms with van der Waals surface area (Å²) in [5.74, 6) is -0.604. The molecule has 0 spiro atoms. The van der Waals surface area contributed by atoms with E-state index in [1.165, 1.54) is 0 Å². The van der Waals surface area contributed by atoms with Crippen LogP contribution in [0.5, 0.6) is 0 Å². The lowest BCUT2D eigenvalue weighted by Crippen LogP contribution is -2.51. The number of carbonyl (C=O) groups is 2. The minimum absolute atomic E-state index is 0.0763. The van der Waals surface area contributed by atoms with Crippen molar-refractivity contribution in [1.29, 1.82) is 0 Å². The number of sulfone groups is 1. The second-order valence-corrected chi connectivity index (χ2v) is 8.18. The molecule has 6 heteroatoms. The third-order valence-electron chi connectivity index (χ3n) is 4.32. The molecule has 2 rings (SSSR count). The predicted octanol–water partition coefficient (Wildman–Crippen LogP) is 1.17. The van der Waals surface area contributed by atoms with Crippen molar-refractivity contribution in [2.24, 2.45) is 5.92 Å². The Bertz CT molecular complexity index is 485. The van der Waals surface area contributed by atoms with Crippen LogP contribution in [0, 0.1) is 5.92 Å². The van der Waals surface area contributed by atoms with Crippen molar-refractivity contribution in [1.82, 2.24) is 4.90 Å². The summed E-state index contributed by atoms with van der Waals surface area (Å²) in [5, 5.41) is 0. The zero-order chi connectivity index (χ0) is 14.8. The van der Waals surface area contributed by atoms with E-state index in [2.05, 4.69) is 0 Å². The molecule has 1 aliphatic carbocycles. The van der Waals surface area contributed by atoms with Crippen LogP contribution in [0.25, 0.3) is 0 Å². The smallest absolute Gasteiger partial charge is 0.238 e. The SMILES string of the molecule is CS(=O)(=O)CC(=O)N1CCCCC1C1CCCCC1=O. The Hall–Kier alpha value is -0.910. The van der Waals surface area contributed by atoms with Crippen molar-refractivity contribution >= 4 is 21.5 Å². The molecule has 1 amide bonds. The Morgan fingerprint density at radius 3 is 2.55 bits per heavy atom. The third-order valence-corrected chi connectivity index (χ3v) is 5.09. The summed E-state index contributed by atoms with van der Waals surface area (Å²) in [7, 11) is -3.32. The number of likely N-dealkylation sites (tertiary alicyclic amines) is 1. The lowest BCUT2D eigenvalue weighted by Gasteiger charge is -2.41. The number of amides is 1. The summed E-state index contributed by atoms with van der Waals surface area (Å²) in [5.41, 5.74) is 0. The van der Waals surface area contributed by atoms with Gasteiger partial charge in [0.2, 0.25) is 5.91 Å². The second kappa shape index (κ2) is 6.24. The maximum atomic E-state index is 12.2. The number of Topliss-reactive ketones (excluding diaryl/α,β-unsaturated/α-hetero) is 1. The third kappa shape index (κ3) is 3.81. The van der Waals surface area contributed by atoms with Crippen LogP contribution < -0.4 is 0 Å². The van der Waals surface area contributed by atoms with Gasteiger partial charge in [-0.3, -0.25) is 9.59 Å². The van der Waals surface area contributed by atoms with Crippen molar-refractivity contribution in [3.63, 3.8) is 0 Å². The molecular weight excluding hydrogens is 278 g/mol. The van der Waals surface area contributed by atoms with Gasteiger partial charge in [0.05, 0.1) is 0 Å². The van der Waals surface area contributed by atoms with Crippen LogP contribution in [-0.2, 0) is 19.4 Å². The highest BCUT2D eigenvalue weighted by Crippen LogP contribution is 2.31. The van der Waals surface area contributed by atoms with Crippen LogP contribution in [0.1, 0.15) is 44.9 Å². The number of hydrogen-bond acceptors (Lipinski definition) is 4. The number of rotatable bonds is 3. The van der Waals surface area contributed by atoms with E-state index >= 15 is 0 Å². The van der Waals surface area contributed by atoms with Gasteiger partial charge < -0.3 is 4.90 Å². The fraction of sp³-hybridized carbons (Fsp3) is 0.857. The Morgan fingerprint density at radius 1 is 1.20 bits per heavy atom. The zero-order valence-electron chi connectivity index (χ0n) is 12.0. The van der Waals surface area contributed by atoms with E-state index in [4.69, 9.17) is 0 Å². The largest absolute Gasteiger partial charge is 0.338 e. The molecule has 2 fully saturated rings. The average molecular weight is 301 g/mol. The molecule has 0 radical (unpaired) electrons. The van der Waals surface area contributed by atoms with E-state index in [9.17, 15) is 18.0 Å². The Kier molecular flexibility index (Phi) is 4.83. The van der Waals surface area contributed by atoms with Crippen molar-refractivity contribution in [2.45, 2.75) is 51.0 Å². The molecule has 0 bridgehead atoms. The first-order chi connectivity index (χ1) is 9.38. The van der Waals surface area contributed by atoms with Crippen LogP contribution in [0.15, 0.2) is 0 Å². The van der Waals surface area contributed by atoms with Crippen molar-refractivity contribution in [3.8, 4) is 0 Å². The van der Waals surface area contributed by atoms with Crippen LogP contribution in [0.2, 0.25) is 0 Å². The van der Waals surface area contributed by atoms with Crippen molar-refractivity contribution < 1.29 is 18.0 Å². The minimum atomic E-state index is -3.32. The fourth-order valence-corrected chi connectivity index (χ4v) is 4.02. The van der Waals surface area contributed by atoms with E-state index in [0.717, 1.165) is 44.8 Å². The van der Waals surface area contributed by atoms with E-state index in [-0.39, 0.29) is 23.7 Å². The molecule has 1 heterocycles. The molecule has 1 saturated carbocycles. The van der Waals surface area contributed by atoms with Gasteiger partial charge in [-0.2, -0.15) is 0 Å². The van der Waals surface area contributed by atoms with Crippen LogP contribution in [0.4, 0.5) is 0 Å². The van der Waals surface area contributed by atoms with Crippen LogP contribution >= 0.6 is 0 Å². The molecule has 0 aromatic heterocycles. The van der Waals surface area contributed by atoms with Gasteiger partial charge in [-0.05, 0) is 32.1 Å². The summed E-state index contributed by atoms with van der Waals surface area (Å²) in [6.45, 7) is 0.586. The zero-order valence-corrected chi connectivity index (χ0v) is 12.8. The van der Waals surface area contributed by atoms with E-state index in [0.29, 0.717) is 13.0 Å².